The number of hydrogen-bond acceptors (Lipinski definition) is 4. The minimum Gasteiger partial charge on any atom is -0.387 e. The molecule has 0 fully saturated rings. The highest BCUT2D eigenvalue weighted by Gasteiger charge is 2.30. The predicted molar refractivity (Wildman–Crippen MR) is 104 cm³/mol. The largest absolute Gasteiger partial charge is 0.387 e. The average molecular weight is 393 g/mol. The van der Waals surface area contributed by atoms with E-state index >= 15 is 0 Å². The van der Waals surface area contributed by atoms with Crippen LogP contribution in [0.4, 0.5) is 0 Å². The third-order valence-electron chi connectivity index (χ3n) is 5.15. The molecule has 136 valence electrons. The zero-order valence-corrected chi connectivity index (χ0v) is 15.7. The molecular formula is C18H18Cl2N4O2. The second-order valence-electron chi connectivity index (χ2n) is 6.65. The van der Waals surface area contributed by atoms with Crippen LogP contribution in [0.15, 0.2) is 16.1 Å². The fourth-order valence-electron chi connectivity index (χ4n) is 3.78. The van der Waals surface area contributed by atoms with E-state index in [0.29, 0.717) is 29.6 Å². The number of nitrogens with zero attached hydrogens (tertiary/aromatic N) is 3. The molecule has 1 aromatic heterocycles. The maximum absolute atomic E-state index is 12.0. The van der Waals surface area contributed by atoms with Crippen molar-refractivity contribution < 1.29 is 9.90 Å². The summed E-state index contributed by atoms with van der Waals surface area (Å²) in [6.07, 6.45) is 4.11. The van der Waals surface area contributed by atoms with Gasteiger partial charge in [-0.25, -0.2) is 4.99 Å². The predicted octanol–water partition coefficient (Wildman–Crippen LogP) is 2.94. The summed E-state index contributed by atoms with van der Waals surface area (Å²) in [5.74, 6) is -0.301. The maximum atomic E-state index is 12.0. The first-order chi connectivity index (χ1) is 12.5. The number of carbonyl (C=O) groups excluding carboxylic acids is 1. The highest BCUT2D eigenvalue weighted by Crippen LogP contribution is 2.41. The molecule has 0 aliphatic carbocycles. The fourth-order valence-corrected chi connectivity index (χ4v) is 4.19. The number of rotatable bonds is 2. The zero-order chi connectivity index (χ0) is 18.4. The van der Waals surface area contributed by atoms with Crippen LogP contribution >= 0.6 is 23.2 Å². The van der Waals surface area contributed by atoms with Gasteiger partial charge < -0.3 is 15.0 Å². The molecule has 4 rings (SSSR count). The minimum atomic E-state index is -0.488. The molecule has 2 unspecified atom stereocenters. The lowest BCUT2D eigenvalue weighted by Gasteiger charge is -2.27. The van der Waals surface area contributed by atoms with Crippen LogP contribution in [0.2, 0.25) is 10.0 Å². The number of aliphatic hydroxyl groups is 1. The number of halogens is 2. The molecule has 26 heavy (non-hydrogen) atoms. The van der Waals surface area contributed by atoms with Crippen LogP contribution in [0.5, 0.6) is 0 Å². The van der Waals surface area contributed by atoms with Crippen LogP contribution < -0.4 is 0 Å². The summed E-state index contributed by atoms with van der Waals surface area (Å²) in [5.41, 5.74) is 3.86. The second-order valence-corrected chi connectivity index (χ2v) is 7.43. The lowest BCUT2D eigenvalue weighted by atomic mass is 9.88. The normalized spacial score (nSPS) is 22.1. The number of amides is 1. The van der Waals surface area contributed by atoms with E-state index in [1.807, 2.05) is 19.2 Å². The van der Waals surface area contributed by atoms with Crippen LogP contribution in [0.3, 0.4) is 0 Å². The molecule has 2 N–H and O–H groups in total. The van der Waals surface area contributed by atoms with Gasteiger partial charge in [0.2, 0.25) is 5.91 Å². The first kappa shape index (κ1) is 17.5. The molecule has 0 bridgehead atoms. The Kier molecular flexibility index (Phi) is 4.50. The molecular weight excluding hydrogens is 375 g/mol. The van der Waals surface area contributed by atoms with Gasteiger partial charge in [0, 0.05) is 48.3 Å². The molecule has 2 aliphatic rings. The van der Waals surface area contributed by atoms with Crippen molar-refractivity contribution in [2.75, 3.05) is 13.2 Å². The van der Waals surface area contributed by atoms with E-state index in [4.69, 9.17) is 23.2 Å². The van der Waals surface area contributed by atoms with Gasteiger partial charge in [0.25, 0.3) is 0 Å². The van der Waals surface area contributed by atoms with Gasteiger partial charge in [-0.15, -0.1) is 0 Å². The van der Waals surface area contributed by atoms with E-state index in [1.165, 1.54) is 0 Å². The van der Waals surface area contributed by atoms with Crippen LogP contribution in [-0.4, -0.2) is 52.6 Å². The first-order valence-electron chi connectivity index (χ1n) is 8.46. The Bertz CT molecular complexity index is 951. The Hall–Kier alpha value is -1.89. The van der Waals surface area contributed by atoms with Gasteiger partial charge in [-0.2, -0.15) is 0 Å². The Morgan fingerprint density at radius 2 is 2.27 bits per heavy atom. The number of aliphatic hydroxyl groups excluding tert-OH is 1. The average Bonchev–Trinajstić information content (AvgIpc) is 3.03. The molecule has 0 spiro atoms. The summed E-state index contributed by atoms with van der Waals surface area (Å²) in [5, 5.41) is 11.1. The molecule has 1 amide bonds. The van der Waals surface area contributed by atoms with Gasteiger partial charge in [-0.3, -0.25) is 9.79 Å². The Morgan fingerprint density at radius 1 is 1.46 bits per heavy atom. The zero-order valence-electron chi connectivity index (χ0n) is 14.2. The third kappa shape index (κ3) is 2.73. The van der Waals surface area contributed by atoms with Crippen molar-refractivity contribution in [1.82, 2.24) is 9.88 Å². The van der Waals surface area contributed by atoms with Crippen LogP contribution in [-0.2, 0) is 17.8 Å². The van der Waals surface area contributed by atoms with Crippen molar-refractivity contribution in [2.45, 2.75) is 31.8 Å². The number of aromatic nitrogens is 1. The molecule has 2 aromatic rings. The first-order valence-corrected chi connectivity index (χ1v) is 9.21. The van der Waals surface area contributed by atoms with Crippen LogP contribution in [0.1, 0.15) is 29.7 Å². The number of H-pyrrole nitrogens is 1. The fraction of sp³-hybridized carbons (Fsp3) is 0.389. The molecule has 0 saturated heterocycles. The minimum absolute atomic E-state index is 0.0252. The Balaban J connectivity index is 1.92. The Morgan fingerprint density at radius 3 is 3.00 bits per heavy atom. The molecule has 2 atom stereocenters. The number of aromatic amines is 1. The summed E-state index contributed by atoms with van der Waals surface area (Å²) in [6, 6.07) is 1.90. The smallest absolute Gasteiger partial charge is 0.248 e. The van der Waals surface area contributed by atoms with E-state index in [0.717, 1.165) is 27.7 Å². The summed E-state index contributed by atoms with van der Waals surface area (Å²) in [6.45, 7) is 2.53. The standard InChI is InChI=1S/C18H18Cl2N4O2/c1-9-11(5-21-8-22-9)10-4-13(19)17(20)18-16(10)12-6-24(15(26)7-25)3-2-14(12)23-18/h4-5,8-9,11,23,25H,2-3,6-7H2,1H3. The monoisotopic (exact) mass is 392 g/mol. The Labute approximate surface area is 160 Å². The highest BCUT2D eigenvalue weighted by molar-refractivity contribution is 6.45. The molecule has 8 heteroatoms. The number of aliphatic imine (C=N–C) groups is 2. The third-order valence-corrected chi connectivity index (χ3v) is 5.94. The van der Waals surface area contributed by atoms with Crippen molar-refractivity contribution in [1.29, 1.82) is 0 Å². The second kappa shape index (κ2) is 6.68. The van der Waals surface area contributed by atoms with Gasteiger partial charge >= 0.3 is 0 Å². The lowest BCUT2D eigenvalue weighted by molar-refractivity contribution is -0.135. The van der Waals surface area contributed by atoms with E-state index in [2.05, 4.69) is 15.0 Å². The number of hydrogen-bond donors (Lipinski definition) is 2. The van der Waals surface area contributed by atoms with Crippen molar-refractivity contribution in [2.24, 2.45) is 9.98 Å². The molecule has 0 radical (unpaired) electrons. The van der Waals surface area contributed by atoms with Crippen molar-refractivity contribution in [3.63, 3.8) is 0 Å². The van der Waals surface area contributed by atoms with Gasteiger partial charge in [0.15, 0.2) is 0 Å². The topological polar surface area (TPSA) is 81.0 Å². The van der Waals surface area contributed by atoms with Gasteiger partial charge in [0.1, 0.15) is 12.9 Å². The van der Waals surface area contributed by atoms with Crippen molar-refractivity contribution in [3.8, 4) is 0 Å². The molecule has 2 aliphatic heterocycles. The molecule has 3 heterocycles. The van der Waals surface area contributed by atoms with Crippen LogP contribution in [0.25, 0.3) is 10.9 Å². The van der Waals surface area contributed by atoms with Crippen molar-refractivity contribution >= 4 is 52.6 Å². The quantitative estimate of drug-likeness (QED) is 0.823. The van der Waals surface area contributed by atoms with Crippen molar-refractivity contribution in [3.05, 3.63) is 32.9 Å². The van der Waals surface area contributed by atoms with E-state index in [1.54, 1.807) is 11.2 Å². The lowest BCUT2D eigenvalue weighted by Crippen LogP contribution is -2.37. The summed E-state index contributed by atoms with van der Waals surface area (Å²) in [7, 11) is 0. The van der Waals surface area contributed by atoms with Gasteiger partial charge in [-0.1, -0.05) is 23.2 Å². The molecule has 0 saturated carbocycles. The van der Waals surface area contributed by atoms with E-state index in [-0.39, 0.29) is 17.9 Å². The summed E-state index contributed by atoms with van der Waals surface area (Å²) in [4.78, 5) is 25.6. The molecule has 1 aromatic carbocycles. The van der Waals surface area contributed by atoms with E-state index in [9.17, 15) is 9.90 Å². The number of carbonyl (C=O) groups is 1. The SMILES string of the molecule is CC1N=CN=CC1c1cc(Cl)c(Cl)c2[nH]c3c(c12)CN(C(=O)CO)CC3. The van der Waals surface area contributed by atoms with Gasteiger partial charge in [0.05, 0.1) is 21.6 Å². The van der Waals surface area contributed by atoms with E-state index < -0.39 is 6.61 Å². The number of benzene rings is 1. The summed E-state index contributed by atoms with van der Waals surface area (Å²) >= 11 is 12.9. The number of fused-ring (bicyclic) bond motifs is 3. The summed E-state index contributed by atoms with van der Waals surface area (Å²) < 4.78 is 0. The maximum Gasteiger partial charge on any atom is 0.248 e. The highest BCUT2D eigenvalue weighted by atomic mass is 35.5. The number of nitrogens with one attached hydrogen (secondary N) is 1. The van der Waals surface area contributed by atoms with Gasteiger partial charge in [-0.05, 0) is 18.6 Å². The van der Waals surface area contributed by atoms with Crippen LogP contribution in [0, 0.1) is 0 Å². The molecule has 6 nitrogen and oxygen atoms in total.